The van der Waals surface area contributed by atoms with Gasteiger partial charge in [0.1, 0.15) is 0 Å². The molecule has 0 fully saturated rings. The lowest BCUT2D eigenvalue weighted by atomic mass is 9.86. The molecule has 0 amide bonds. The highest BCUT2D eigenvalue weighted by Crippen LogP contribution is 2.46. The van der Waals surface area contributed by atoms with Crippen molar-refractivity contribution in [3.63, 3.8) is 0 Å². The van der Waals surface area contributed by atoms with Crippen molar-refractivity contribution in [2.24, 2.45) is 0 Å². The highest BCUT2D eigenvalue weighted by atomic mass is 15.2. The molecule has 0 saturated carbocycles. The first-order valence-corrected chi connectivity index (χ1v) is 29.2. The normalized spacial score (nSPS) is 13.1. The zero-order valence-electron chi connectivity index (χ0n) is 44.8. The first-order chi connectivity index (χ1) is 31.9. The van der Waals surface area contributed by atoms with Crippen LogP contribution in [0.2, 0.25) is 0 Å². The van der Waals surface area contributed by atoms with Gasteiger partial charge in [-0.15, -0.1) is 0 Å². The maximum atomic E-state index is 13.0. The Balaban J connectivity index is 2.00. The highest BCUT2D eigenvalue weighted by molar-refractivity contribution is 5.83. The zero-order valence-corrected chi connectivity index (χ0v) is 44.8. The molecular formula is C63H106N2. The minimum atomic E-state index is 1.03. The van der Waals surface area contributed by atoms with Crippen LogP contribution in [0.4, 0.5) is 0 Å². The maximum absolute atomic E-state index is 13.0. The van der Waals surface area contributed by atoms with Gasteiger partial charge in [0.05, 0.1) is 0 Å². The molecule has 0 atom stereocenters. The van der Waals surface area contributed by atoms with Crippen LogP contribution in [0.15, 0.2) is 35.4 Å². The van der Waals surface area contributed by atoms with E-state index in [1.807, 2.05) is 0 Å². The van der Waals surface area contributed by atoms with Gasteiger partial charge in [-0.3, -0.25) is 0 Å². The second-order valence-corrected chi connectivity index (χ2v) is 20.6. The summed E-state index contributed by atoms with van der Waals surface area (Å²) in [7, 11) is 0. The van der Waals surface area contributed by atoms with Crippen LogP contribution in [0.1, 0.15) is 312 Å². The third-order valence-corrected chi connectivity index (χ3v) is 14.8. The van der Waals surface area contributed by atoms with Gasteiger partial charge in [-0.1, -0.05) is 203 Å². The molecule has 65 heavy (non-hydrogen) atoms. The van der Waals surface area contributed by atoms with Crippen molar-refractivity contribution >= 4 is 11.4 Å². The number of rotatable bonds is 41. The minimum absolute atomic E-state index is 1.03. The van der Waals surface area contributed by atoms with E-state index in [2.05, 4.69) is 79.7 Å². The van der Waals surface area contributed by atoms with Crippen molar-refractivity contribution in [3.8, 4) is 0 Å². The number of aryl methyl sites for hydroxylation is 4. The van der Waals surface area contributed by atoms with Crippen LogP contribution >= 0.6 is 0 Å². The molecule has 0 unspecified atom stereocenters. The Morgan fingerprint density at radius 1 is 0.277 bits per heavy atom. The van der Waals surface area contributed by atoms with Gasteiger partial charge in [0.2, 0.25) is 11.4 Å². The van der Waals surface area contributed by atoms with Crippen LogP contribution in [0.25, 0.3) is 16.9 Å². The Morgan fingerprint density at radius 3 is 0.800 bits per heavy atom. The first-order valence-electron chi connectivity index (χ1n) is 29.2. The van der Waals surface area contributed by atoms with E-state index in [4.69, 9.17) is 0 Å². The molecule has 2 nitrogen and oxygen atoms in total. The summed E-state index contributed by atoms with van der Waals surface area (Å²) >= 11 is 0. The molecule has 1 aliphatic rings. The fourth-order valence-corrected chi connectivity index (χ4v) is 10.7. The van der Waals surface area contributed by atoms with Crippen LogP contribution in [0, 0.1) is 0 Å². The maximum Gasteiger partial charge on any atom is 0.211 e. The van der Waals surface area contributed by atoms with E-state index >= 15 is 0 Å². The predicted molar refractivity (Wildman–Crippen MR) is 290 cm³/mol. The van der Waals surface area contributed by atoms with Gasteiger partial charge < -0.3 is 5.53 Å². The number of hydrogen-bond donors (Lipinski definition) is 0. The summed E-state index contributed by atoms with van der Waals surface area (Å²) in [6.07, 6.45) is 49.7. The van der Waals surface area contributed by atoms with Gasteiger partial charge in [0, 0.05) is 22.3 Å². The summed E-state index contributed by atoms with van der Waals surface area (Å²) in [6, 6.07) is 10.2. The van der Waals surface area contributed by atoms with Gasteiger partial charge in [-0.2, -0.15) is 0 Å². The molecule has 0 N–H and O–H groups in total. The van der Waals surface area contributed by atoms with Gasteiger partial charge in [-0.05, 0) is 160 Å². The number of hydrogen-bond acceptors (Lipinski definition) is 0. The second-order valence-electron chi connectivity index (χ2n) is 20.6. The molecule has 0 saturated heterocycles. The molecule has 2 aromatic rings. The second kappa shape index (κ2) is 35.6. The number of benzene rings is 2. The molecule has 1 aliphatic heterocycles. The third kappa shape index (κ3) is 20.0. The van der Waals surface area contributed by atoms with Crippen LogP contribution in [0.3, 0.4) is 0 Å². The molecule has 3 rings (SSSR count). The Labute approximate surface area is 405 Å². The first kappa shape index (κ1) is 56.8. The average molecular weight is 892 g/mol. The molecular weight excluding hydrogens is 785 g/mol. The summed E-state index contributed by atoms with van der Waals surface area (Å²) in [5, 5.41) is 0. The quantitative estimate of drug-likeness (QED) is 0.0470. The van der Waals surface area contributed by atoms with E-state index in [1.54, 1.807) is 38.1 Å². The molecule has 0 spiro atoms. The molecule has 0 radical (unpaired) electrons. The van der Waals surface area contributed by atoms with E-state index in [0.717, 1.165) is 62.8 Å². The lowest BCUT2D eigenvalue weighted by Gasteiger charge is -2.20. The predicted octanol–water partition coefficient (Wildman–Crippen LogP) is 21.1. The highest BCUT2D eigenvalue weighted by Gasteiger charge is 2.36. The fourth-order valence-electron chi connectivity index (χ4n) is 10.7. The van der Waals surface area contributed by atoms with Crippen molar-refractivity contribution in [3.05, 3.63) is 85.5 Å². The van der Waals surface area contributed by atoms with Crippen LogP contribution in [0.5, 0.6) is 0 Å². The molecule has 1 heterocycles. The largest absolute Gasteiger partial charge is 0.493 e. The average Bonchev–Trinajstić information content (AvgIpc) is 3.59. The van der Waals surface area contributed by atoms with E-state index in [-0.39, 0.29) is 0 Å². The molecule has 0 aromatic heterocycles. The lowest BCUT2D eigenvalue weighted by molar-refractivity contribution is -0.345. The van der Waals surface area contributed by atoms with Crippen molar-refractivity contribution < 1.29 is 4.70 Å². The zero-order chi connectivity index (χ0) is 46.9. The van der Waals surface area contributed by atoms with Gasteiger partial charge in [-0.25, -0.2) is 4.70 Å². The number of unbranched alkanes of at least 4 members (excludes halogenated alkanes) is 23. The van der Waals surface area contributed by atoms with Crippen LogP contribution in [-0.4, -0.2) is 4.70 Å². The van der Waals surface area contributed by atoms with E-state index in [9.17, 15) is 5.53 Å². The summed E-state index contributed by atoms with van der Waals surface area (Å²) in [6.45, 7) is 18.7. The monoisotopic (exact) mass is 891 g/mol. The third-order valence-electron chi connectivity index (χ3n) is 14.8. The fraction of sp³-hybridized carbons (Fsp3) is 0.746. The van der Waals surface area contributed by atoms with Crippen molar-refractivity contribution in [2.75, 3.05) is 0 Å². The summed E-state index contributed by atoms with van der Waals surface area (Å²) < 4.78 is 1.75. The molecule has 2 heteroatoms. The van der Waals surface area contributed by atoms with Crippen molar-refractivity contribution in [2.45, 2.75) is 306 Å². The van der Waals surface area contributed by atoms with Crippen molar-refractivity contribution in [1.29, 1.82) is 0 Å². The van der Waals surface area contributed by atoms with Crippen LogP contribution in [-0.2, 0) is 38.5 Å². The SMILES string of the molecule is CCCCCCCCCCCCCCCCCCCC1=C(c2cc(CCCC)c(CCCC)c(CCCC)c2)[N+](=[N-])C(c2cc(CCCC)c(CCCC)c(CCCC)c2)=C1CCCC. The Bertz CT molecular complexity index is 1590. The smallest absolute Gasteiger partial charge is 0.211 e. The van der Waals surface area contributed by atoms with Crippen molar-refractivity contribution in [1.82, 2.24) is 0 Å². The Hall–Kier alpha value is -2.48. The number of allylic oxidation sites excluding steroid dienone is 2. The van der Waals surface area contributed by atoms with Gasteiger partial charge in [0.15, 0.2) is 0 Å². The van der Waals surface area contributed by atoms with Gasteiger partial charge >= 0.3 is 0 Å². The summed E-state index contributed by atoms with van der Waals surface area (Å²) in [5.74, 6) is 0. The summed E-state index contributed by atoms with van der Waals surface area (Å²) in [4.78, 5) is 0. The topological polar surface area (TPSA) is 25.3 Å². The number of nitrogens with zero attached hydrogens (tertiary/aromatic N) is 2. The molecule has 368 valence electrons. The van der Waals surface area contributed by atoms with Gasteiger partial charge in [0.25, 0.3) is 0 Å². The van der Waals surface area contributed by atoms with E-state index < -0.39 is 0 Å². The summed E-state index contributed by atoms with van der Waals surface area (Å²) in [5.41, 5.74) is 30.1. The lowest BCUT2D eigenvalue weighted by Crippen LogP contribution is -2.09. The molecule has 2 aromatic carbocycles. The Morgan fingerprint density at radius 2 is 0.508 bits per heavy atom. The van der Waals surface area contributed by atoms with Crippen LogP contribution < -0.4 is 0 Å². The standard InChI is InChI=1S/C63H106N2/c1-9-17-25-26-27-28-29-30-31-32-33-34-35-36-37-38-39-47-61-60(46-24-16-8)62(56-48-52(40-18-10-2)58(44-22-14-6)53(49-56)41-19-11-3)65(64)63(61)57-50-54(42-20-12-4)59(45-23-15-7)55(51-57)43-21-13-5/h48-51H,9-47H2,1-8H3. The minimum Gasteiger partial charge on any atom is -0.493 e. The van der Waals surface area contributed by atoms with E-state index in [0.29, 0.717) is 0 Å². The Kier molecular flexibility index (Phi) is 31.2. The van der Waals surface area contributed by atoms with E-state index in [1.165, 1.54) is 221 Å². The molecule has 0 bridgehead atoms. The molecule has 0 aliphatic carbocycles.